The van der Waals surface area contributed by atoms with Gasteiger partial charge in [-0.15, -0.1) is 5.10 Å². The van der Waals surface area contributed by atoms with Gasteiger partial charge in [0.15, 0.2) is 0 Å². The second-order valence-electron chi connectivity index (χ2n) is 5.92. The Morgan fingerprint density at radius 2 is 2.13 bits per heavy atom. The number of nitrogens with zero attached hydrogens (tertiary/aromatic N) is 4. The van der Waals surface area contributed by atoms with Gasteiger partial charge in [0.05, 0.1) is 30.7 Å². The van der Waals surface area contributed by atoms with E-state index in [1.54, 1.807) is 18.2 Å². The highest BCUT2D eigenvalue weighted by atomic mass is 16.5. The Morgan fingerprint density at radius 3 is 2.96 bits per heavy atom. The van der Waals surface area contributed by atoms with Crippen molar-refractivity contribution in [2.45, 2.75) is 39.0 Å². The van der Waals surface area contributed by atoms with Crippen LogP contribution in [0.3, 0.4) is 0 Å². The maximum Gasteiger partial charge on any atom is 0.277 e. The normalized spacial score (nSPS) is 21.6. The molecule has 0 aliphatic carbocycles. The molecule has 3 rings (SSSR count). The fourth-order valence-corrected chi connectivity index (χ4v) is 2.77. The number of benzene rings is 1. The zero-order chi connectivity index (χ0) is 16.4. The van der Waals surface area contributed by atoms with Gasteiger partial charge in [0.25, 0.3) is 5.56 Å². The monoisotopic (exact) mass is 316 g/mol. The van der Waals surface area contributed by atoms with Crippen molar-refractivity contribution < 1.29 is 9.53 Å². The molecule has 7 heteroatoms. The van der Waals surface area contributed by atoms with Gasteiger partial charge in [0.2, 0.25) is 5.91 Å². The number of rotatable bonds is 3. The van der Waals surface area contributed by atoms with Crippen LogP contribution in [0, 0.1) is 0 Å². The molecule has 23 heavy (non-hydrogen) atoms. The van der Waals surface area contributed by atoms with Gasteiger partial charge in [-0.3, -0.25) is 9.59 Å². The molecule has 0 radical (unpaired) electrons. The average molecular weight is 316 g/mol. The predicted octanol–water partition coefficient (Wildman–Crippen LogP) is 0.817. The minimum atomic E-state index is -0.216. The van der Waals surface area contributed by atoms with E-state index in [0.717, 1.165) is 0 Å². The molecule has 2 atom stereocenters. The molecule has 2 aromatic rings. The quantitative estimate of drug-likeness (QED) is 0.838. The third-order valence-corrected chi connectivity index (χ3v) is 4.09. The minimum absolute atomic E-state index is 0.00880. The first-order valence-electron chi connectivity index (χ1n) is 7.80. The smallest absolute Gasteiger partial charge is 0.277 e. The predicted molar refractivity (Wildman–Crippen MR) is 85.0 cm³/mol. The zero-order valence-corrected chi connectivity index (χ0v) is 13.3. The van der Waals surface area contributed by atoms with Gasteiger partial charge in [-0.2, -0.15) is 0 Å². The Bertz CT molecular complexity index is 773. The highest BCUT2D eigenvalue weighted by Crippen LogP contribution is 2.13. The molecule has 7 nitrogen and oxygen atoms in total. The highest BCUT2D eigenvalue weighted by Gasteiger charge is 2.27. The second-order valence-corrected chi connectivity index (χ2v) is 5.92. The Labute approximate surface area is 133 Å². The SMILES string of the molecule is CC1CN(C(=O)CCn2nnc3ccccc3c2=O)C(C)CO1. The number of carbonyl (C=O) groups excluding carboxylic acids is 1. The number of carbonyl (C=O) groups is 1. The van der Waals surface area contributed by atoms with Gasteiger partial charge >= 0.3 is 0 Å². The lowest BCUT2D eigenvalue weighted by molar-refractivity contribution is -0.143. The number of ether oxygens (including phenoxy) is 1. The topological polar surface area (TPSA) is 77.3 Å². The third kappa shape index (κ3) is 3.24. The molecule has 1 saturated heterocycles. The number of amides is 1. The fourth-order valence-electron chi connectivity index (χ4n) is 2.77. The van der Waals surface area contributed by atoms with Crippen LogP contribution in [0.25, 0.3) is 10.9 Å². The first-order chi connectivity index (χ1) is 11.1. The van der Waals surface area contributed by atoms with E-state index in [0.29, 0.717) is 24.1 Å². The summed E-state index contributed by atoms with van der Waals surface area (Å²) in [6, 6.07) is 7.12. The maximum absolute atomic E-state index is 12.4. The summed E-state index contributed by atoms with van der Waals surface area (Å²) in [4.78, 5) is 26.6. The fraction of sp³-hybridized carbons (Fsp3) is 0.500. The average Bonchev–Trinajstić information content (AvgIpc) is 2.56. The highest BCUT2D eigenvalue weighted by molar-refractivity contribution is 5.77. The van der Waals surface area contributed by atoms with Crippen LogP contribution in [0.1, 0.15) is 20.3 Å². The molecule has 0 saturated carbocycles. The van der Waals surface area contributed by atoms with Crippen LogP contribution < -0.4 is 5.56 Å². The Hall–Kier alpha value is -2.28. The molecule has 1 aromatic carbocycles. The van der Waals surface area contributed by atoms with Crippen molar-refractivity contribution in [1.82, 2.24) is 19.9 Å². The van der Waals surface area contributed by atoms with Crippen LogP contribution in [0.2, 0.25) is 0 Å². The lowest BCUT2D eigenvalue weighted by atomic mass is 10.2. The van der Waals surface area contributed by atoms with E-state index >= 15 is 0 Å². The number of aromatic nitrogens is 3. The number of aryl methyl sites for hydroxylation is 1. The van der Waals surface area contributed by atoms with Crippen LogP contribution in [0.15, 0.2) is 29.1 Å². The second kappa shape index (κ2) is 6.45. The molecule has 2 heterocycles. The van der Waals surface area contributed by atoms with Crippen molar-refractivity contribution >= 4 is 16.8 Å². The number of fused-ring (bicyclic) bond motifs is 1. The summed E-state index contributed by atoms with van der Waals surface area (Å²) in [7, 11) is 0. The molecule has 0 spiro atoms. The number of morpholine rings is 1. The van der Waals surface area contributed by atoms with Gasteiger partial charge in [0.1, 0.15) is 5.52 Å². The first-order valence-corrected chi connectivity index (χ1v) is 7.80. The van der Waals surface area contributed by atoms with E-state index in [-0.39, 0.29) is 36.6 Å². The molecule has 0 N–H and O–H groups in total. The summed E-state index contributed by atoms with van der Waals surface area (Å²) >= 11 is 0. The minimum Gasteiger partial charge on any atom is -0.375 e. The van der Waals surface area contributed by atoms with Crippen LogP contribution >= 0.6 is 0 Å². The maximum atomic E-state index is 12.4. The Balaban J connectivity index is 1.72. The van der Waals surface area contributed by atoms with E-state index in [1.807, 2.05) is 24.8 Å². The van der Waals surface area contributed by atoms with Crippen molar-refractivity contribution in [2.75, 3.05) is 13.2 Å². The summed E-state index contributed by atoms with van der Waals surface area (Å²) in [5.41, 5.74) is 0.350. The molecule has 0 bridgehead atoms. The molecule has 1 fully saturated rings. The molecule has 2 unspecified atom stereocenters. The Kier molecular flexibility index (Phi) is 4.38. The molecule has 1 aliphatic heterocycles. The van der Waals surface area contributed by atoms with Gasteiger partial charge < -0.3 is 9.64 Å². The number of hydrogen-bond acceptors (Lipinski definition) is 5. The Morgan fingerprint density at radius 1 is 1.35 bits per heavy atom. The van der Waals surface area contributed by atoms with Crippen molar-refractivity contribution in [2.24, 2.45) is 0 Å². The lowest BCUT2D eigenvalue weighted by Crippen LogP contribution is -2.50. The molecular formula is C16H20N4O3. The number of hydrogen-bond donors (Lipinski definition) is 0. The molecule has 122 valence electrons. The van der Waals surface area contributed by atoms with E-state index in [2.05, 4.69) is 10.3 Å². The summed E-state index contributed by atoms with van der Waals surface area (Å²) in [6.45, 7) is 5.27. The molecule has 1 aliphatic rings. The van der Waals surface area contributed by atoms with E-state index in [9.17, 15) is 9.59 Å². The standard InChI is InChI=1S/C16H20N4O3/c1-11-10-23-12(2)9-19(11)15(21)7-8-20-16(22)13-5-3-4-6-14(13)17-18-20/h3-6,11-12H,7-10H2,1-2H3. The van der Waals surface area contributed by atoms with Crippen LogP contribution in [-0.2, 0) is 16.1 Å². The van der Waals surface area contributed by atoms with E-state index in [4.69, 9.17) is 4.74 Å². The molecule has 1 aromatic heterocycles. The van der Waals surface area contributed by atoms with Crippen molar-refractivity contribution in [3.8, 4) is 0 Å². The molecule has 1 amide bonds. The van der Waals surface area contributed by atoms with Crippen LogP contribution in [-0.4, -0.2) is 51.1 Å². The molecular weight excluding hydrogens is 296 g/mol. The van der Waals surface area contributed by atoms with Gasteiger partial charge in [-0.1, -0.05) is 17.3 Å². The summed E-state index contributed by atoms with van der Waals surface area (Å²) < 4.78 is 6.79. The van der Waals surface area contributed by atoms with Crippen LogP contribution in [0.5, 0.6) is 0 Å². The van der Waals surface area contributed by atoms with Crippen molar-refractivity contribution in [3.63, 3.8) is 0 Å². The first kappa shape index (κ1) is 15.6. The van der Waals surface area contributed by atoms with Gasteiger partial charge in [-0.25, -0.2) is 4.68 Å². The summed E-state index contributed by atoms with van der Waals surface area (Å²) in [6.07, 6.45) is 0.266. The van der Waals surface area contributed by atoms with Crippen molar-refractivity contribution in [3.05, 3.63) is 34.6 Å². The lowest BCUT2D eigenvalue weighted by Gasteiger charge is -2.36. The van der Waals surface area contributed by atoms with Crippen molar-refractivity contribution in [1.29, 1.82) is 0 Å². The van der Waals surface area contributed by atoms with E-state index in [1.165, 1.54) is 4.68 Å². The third-order valence-electron chi connectivity index (χ3n) is 4.09. The largest absolute Gasteiger partial charge is 0.375 e. The van der Waals surface area contributed by atoms with Gasteiger partial charge in [-0.05, 0) is 26.0 Å². The zero-order valence-electron chi connectivity index (χ0n) is 13.3. The van der Waals surface area contributed by atoms with Gasteiger partial charge in [0, 0.05) is 13.0 Å². The van der Waals surface area contributed by atoms with E-state index < -0.39 is 0 Å². The summed E-state index contributed by atoms with van der Waals surface area (Å²) in [5.74, 6) is 0.00880. The van der Waals surface area contributed by atoms with Crippen LogP contribution in [0.4, 0.5) is 0 Å². The summed E-state index contributed by atoms with van der Waals surface area (Å²) in [5, 5.41) is 8.46.